The van der Waals surface area contributed by atoms with Crippen LogP contribution in [0.2, 0.25) is 0 Å². The highest BCUT2D eigenvalue weighted by Gasteiger charge is 2.33. The Kier molecular flexibility index (Phi) is 6.25. The van der Waals surface area contributed by atoms with Crippen LogP contribution in [0.15, 0.2) is 36.7 Å². The fraction of sp³-hybridized carbons (Fsp3) is 0.350. The number of nitrogens with zero attached hydrogens (tertiary/aromatic N) is 3. The molecule has 0 atom stereocenters. The molecular formula is C20H21F3N4O3. The number of nitrogens with one attached hydrogen (secondary N) is 1. The van der Waals surface area contributed by atoms with Gasteiger partial charge in [0.25, 0.3) is 5.91 Å². The zero-order chi connectivity index (χ0) is 21.9. The van der Waals surface area contributed by atoms with Gasteiger partial charge in [-0.2, -0.15) is 13.2 Å². The summed E-state index contributed by atoms with van der Waals surface area (Å²) in [6, 6.07) is 4.77. The molecule has 0 saturated carbocycles. The highest BCUT2D eigenvalue weighted by atomic mass is 19.4. The van der Waals surface area contributed by atoms with E-state index >= 15 is 0 Å². The predicted octanol–water partition coefficient (Wildman–Crippen LogP) is 3.71. The number of alkyl halides is 3. The number of carbonyl (C=O) groups excluding carboxylic acids is 1. The number of halogens is 3. The van der Waals surface area contributed by atoms with Crippen LogP contribution in [0.25, 0.3) is 5.65 Å². The Labute approximate surface area is 170 Å². The highest BCUT2D eigenvalue weighted by molar-refractivity contribution is 6.03. The molecule has 0 radical (unpaired) electrons. The second kappa shape index (κ2) is 8.70. The molecule has 0 saturated heterocycles. The summed E-state index contributed by atoms with van der Waals surface area (Å²) < 4.78 is 46.1. The van der Waals surface area contributed by atoms with Gasteiger partial charge in [-0.15, -0.1) is 0 Å². The van der Waals surface area contributed by atoms with E-state index in [1.54, 1.807) is 22.9 Å². The molecule has 0 aliphatic heterocycles. The summed E-state index contributed by atoms with van der Waals surface area (Å²) >= 11 is 0. The minimum Gasteiger partial charge on any atom is -0.489 e. The van der Waals surface area contributed by atoms with Crippen LogP contribution in [0.5, 0.6) is 5.75 Å². The normalized spacial score (nSPS) is 11.8. The van der Waals surface area contributed by atoms with Gasteiger partial charge in [-0.05, 0) is 38.8 Å². The third-order valence-electron chi connectivity index (χ3n) is 4.08. The number of ether oxygens (including phenoxy) is 1. The van der Waals surface area contributed by atoms with Crippen molar-refractivity contribution < 1.29 is 27.8 Å². The Morgan fingerprint density at radius 1 is 1.27 bits per heavy atom. The number of imidazole rings is 1. The van der Waals surface area contributed by atoms with Gasteiger partial charge >= 0.3 is 6.18 Å². The summed E-state index contributed by atoms with van der Waals surface area (Å²) in [6.45, 7) is 3.66. The van der Waals surface area contributed by atoms with Gasteiger partial charge in [0, 0.05) is 25.1 Å². The number of carbonyl (C=O) groups is 1. The number of hydrogen-bond donors (Lipinski definition) is 2. The van der Waals surface area contributed by atoms with Crippen LogP contribution >= 0.6 is 0 Å². The first-order chi connectivity index (χ1) is 14.2. The number of aliphatic hydroxyl groups is 1. The van der Waals surface area contributed by atoms with Gasteiger partial charge in [-0.25, -0.2) is 9.97 Å². The molecular weight excluding hydrogens is 401 g/mol. The standard InChI is InChI=1S/C20H21F3N4O3/c1-12(2)30-16-9-18-24-13(5-4-8-28)10-27(18)11-15(16)26-19(29)14-6-3-7-17(25-14)20(21,22)23/h3,6-7,9-12,28H,4-5,8H2,1-2H3,(H,26,29). The molecule has 160 valence electrons. The monoisotopic (exact) mass is 422 g/mol. The van der Waals surface area contributed by atoms with Gasteiger partial charge < -0.3 is 19.6 Å². The maximum atomic E-state index is 12.9. The maximum absolute atomic E-state index is 12.9. The van der Waals surface area contributed by atoms with Gasteiger partial charge in [0.05, 0.1) is 11.8 Å². The van der Waals surface area contributed by atoms with Crippen molar-refractivity contribution in [3.8, 4) is 5.75 Å². The zero-order valence-electron chi connectivity index (χ0n) is 16.4. The molecule has 0 fully saturated rings. The van der Waals surface area contributed by atoms with Crippen molar-refractivity contribution in [2.75, 3.05) is 11.9 Å². The minimum atomic E-state index is -4.65. The molecule has 0 aliphatic rings. The number of aryl methyl sites for hydroxylation is 1. The van der Waals surface area contributed by atoms with Crippen molar-refractivity contribution in [2.24, 2.45) is 0 Å². The van der Waals surface area contributed by atoms with E-state index in [0.29, 0.717) is 24.2 Å². The van der Waals surface area contributed by atoms with Crippen molar-refractivity contribution in [2.45, 2.75) is 39.0 Å². The van der Waals surface area contributed by atoms with E-state index in [4.69, 9.17) is 9.84 Å². The molecule has 3 rings (SSSR count). The number of fused-ring (bicyclic) bond motifs is 1. The van der Waals surface area contributed by atoms with Crippen LogP contribution < -0.4 is 10.1 Å². The predicted molar refractivity (Wildman–Crippen MR) is 104 cm³/mol. The lowest BCUT2D eigenvalue weighted by atomic mass is 10.2. The molecule has 2 N–H and O–H groups in total. The molecule has 0 aromatic carbocycles. The fourth-order valence-electron chi connectivity index (χ4n) is 2.80. The van der Waals surface area contributed by atoms with Crippen molar-refractivity contribution >= 4 is 17.2 Å². The third-order valence-corrected chi connectivity index (χ3v) is 4.08. The molecule has 7 nitrogen and oxygen atoms in total. The number of rotatable bonds is 7. The van der Waals surface area contributed by atoms with Crippen molar-refractivity contribution in [1.29, 1.82) is 0 Å². The van der Waals surface area contributed by atoms with E-state index in [1.807, 2.05) is 13.8 Å². The Balaban J connectivity index is 1.94. The van der Waals surface area contributed by atoms with Crippen LogP contribution in [-0.2, 0) is 12.6 Å². The zero-order valence-corrected chi connectivity index (χ0v) is 16.4. The van der Waals surface area contributed by atoms with Crippen LogP contribution in [0.3, 0.4) is 0 Å². The molecule has 0 unspecified atom stereocenters. The molecule has 10 heteroatoms. The summed E-state index contributed by atoms with van der Waals surface area (Å²) in [4.78, 5) is 20.4. The summed E-state index contributed by atoms with van der Waals surface area (Å²) in [7, 11) is 0. The molecule has 3 aromatic rings. The fourth-order valence-corrected chi connectivity index (χ4v) is 2.80. The Morgan fingerprint density at radius 2 is 2.03 bits per heavy atom. The second-order valence-corrected chi connectivity index (χ2v) is 6.90. The number of pyridine rings is 2. The number of aliphatic hydroxyl groups excluding tert-OH is 1. The molecule has 1 amide bonds. The lowest BCUT2D eigenvalue weighted by Gasteiger charge is -2.15. The third kappa shape index (κ3) is 5.07. The minimum absolute atomic E-state index is 0.0425. The van der Waals surface area contributed by atoms with E-state index in [9.17, 15) is 18.0 Å². The summed E-state index contributed by atoms with van der Waals surface area (Å²) in [5, 5.41) is 11.6. The highest BCUT2D eigenvalue weighted by Crippen LogP contribution is 2.29. The summed E-state index contributed by atoms with van der Waals surface area (Å²) in [6.07, 6.45) is -0.392. The summed E-state index contributed by atoms with van der Waals surface area (Å²) in [5.74, 6) is -0.466. The first-order valence-corrected chi connectivity index (χ1v) is 9.32. The average Bonchev–Trinajstić information content (AvgIpc) is 3.07. The molecule has 3 heterocycles. The smallest absolute Gasteiger partial charge is 0.433 e. The first kappa shape index (κ1) is 21.6. The molecule has 0 aliphatic carbocycles. The van der Waals surface area contributed by atoms with Gasteiger partial charge in [0.15, 0.2) is 0 Å². The lowest BCUT2D eigenvalue weighted by molar-refractivity contribution is -0.141. The Morgan fingerprint density at radius 3 is 2.70 bits per heavy atom. The van der Waals surface area contributed by atoms with Crippen molar-refractivity contribution in [3.63, 3.8) is 0 Å². The molecule has 30 heavy (non-hydrogen) atoms. The number of aromatic nitrogens is 3. The number of anilines is 1. The van der Waals surface area contributed by atoms with Crippen molar-refractivity contribution in [3.05, 3.63) is 53.7 Å². The van der Waals surface area contributed by atoms with Crippen LogP contribution in [0.1, 0.15) is 42.1 Å². The molecule has 3 aromatic heterocycles. The Hall–Kier alpha value is -3.14. The van der Waals surface area contributed by atoms with Crippen molar-refractivity contribution in [1.82, 2.24) is 14.4 Å². The first-order valence-electron chi connectivity index (χ1n) is 9.32. The molecule has 0 spiro atoms. The topological polar surface area (TPSA) is 88.8 Å². The van der Waals surface area contributed by atoms with E-state index in [-0.39, 0.29) is 24.1 Å². The SMILES string of the molecule is CC(C)Oc1cc2nc(CCCO)cn2cc1NC(=O)c1cccc(C(F)(F)F)n1. The van der Waals surface area contributed by atoms with Gasteiger partial charge in [-0.3, -0.25) is 4.79 Å². The largest absolute Gasteiger partial charge is 0.489 e. The summed E-state index contributed by atoms with van der Waals surface area (Å²) in [5.41, 5.74) is 0.0879. The molecule has 0 bridgehead atoms. The van der Waals surface area contributed by atoms with Gasteiger partial charge in [0.1, 0.15) is 28.5 Å². The second-order valence-electron chi connectivity index (χ2n) is 6.90. The van der Waals surface area contributed by atoms with Crippen LogP contribution in [-0.4, -0.2) is 38.1 Å². The van der Waals surface area contributed by atoms with E-state index < -0.39 is 17.8 Å². The van der Waals surface area contributed by atoms with E-state index in [0.717, 1.165) is 17.8 Å². The maximum Gasteiger partial charge on any atom is 0.433 e. The van der Waals surface area contributed by atoms with E-state index in [1.165, 1.54) is 6.07 Å². The van der Waals surface area contributed by atoms with Crippen LogP contribution in [0, 0.1) is 0 Å². The lowest BCUT2D eigenvalue weighted by Crippen LogP contribution is -2.18. The number of hydrogen-bond acceptors (Lipinski definition) is 5. The Bertz CT molecular complexity index is 1050. The van der Waals surface area contributed by atoms with E-state index in [2.05, 4.69) is 15.3 Å². The number of amides is 1. The quantitative estimate of drug-likeness (QED) is 0.606. The average molecular weight is 422 g/mol. The van der Waals surface area contributed by atoms with Gasteiger partial charge in [0.2, 0.25) is 0 Å². The van der Waals surface area contributed by atoms with Gasteiger partial charge in [-0.1, -0.05) is 6.07 Å². The van der Waals surface area contributed by atoms with Crippen LogP contribution in [0.4, 0.5) is 18.9 Å².